The standard InChI is InChI=1S/C13H15N3/c1-9(2)7-15-12-8-14-11-6-4-5-10(3)13(11)16-12/h4-6,8H,1,7H2,2-3H3,(H,15,16). The second-order valence-electron chi connectivity index (χ2n) is 4.01. The average Bonchev–Trinajstić information content (AvgIpc) is 2.27. The summed E-state index contributed by atoms with van der Waals surface area (Å²) in [6.45, 7) is 8.59. The molecule has 0 unspecified atom stereocenters. The van der Waals surface area contributed by atoms with Gasteiger partial charge in [0.15, 0.2) is 0 Å². The zero-order chi connectivity index (χ0) is 11.5. The number of anilines is 1. The van der Waals surface area contributed by atoms with Gasteiger partial charge in [-0.2, -0.15) is 0 Å². The summed E-state index contributed by atoms with van der Waals surface area (Å²) in [5.41, 5.74) is 4.10. The molecule has 3 heteroatoms. The van der Waals surface area contributed by atoms with Crippen molar-refractivity contribution in [2.24, 2.45) is 0 Å². The minimum atomic E-state index is 0.728. The molecule has 82 valence electrons. The quantitative estimate of drug-likeness (QED) is 0.796. The van der Waals surface area contributed by atoms with Gasteiger partial charge >= 0.3 is 0 Å². The molecule has 0 aliphatic heterocycles. The second kappa shape index (κ2) is 4.31. The number of rotatable bonds is 3. The van der Waals surface area contributed by atoms with Crippen molar-refractivity contribution in [3.05, 3.63) is 42.1 Å². The molecule has 0 atom stereocenters. The average molecular weight is 213 g/mol. The van der Waals surface area contributed by atoms with Gasteiger partial charge in [-0.15, -0.1) is 0 Å². The van der Waals surface area contributed by atoms with Gasteiger partial charge in [-0.1, -0.05) is 24.3 Å². The zero-order valence-electron chi connectivity index (χ0n) is 9.62. The van der Waals surface area contributed by atoms with E-state index in [4.69, 9.17) is 0 Å². The highest BCUT2D eigenvalue weighted by molar-refractivity contribution is 5.78. The van der Waals surface area contributed by atoms with E-state index in [9.17, 15) is 0 Å². The molecule has 0 aliphatic carbocycles. The van der Waals surface area contributed by atoms with Crippen LogP contribution in [0.4, 0.5) is 5.82 Å². The van der Waals surface area contributed by atoms with E-state index < -0.39 is 0 Å². The van der Waals surface area contributed by atoms with Crippen LogP contribution >= 0.6 is 0 Å². The van der Waals surface area contributed by atoms with E-state index in [2.05, 4.69) is 21.9 Å². The Morgan fingerprint density at radius 3 is 3.00 bits per heavy atom. The van der Waals surface area contributed by atoms with E-state index in [1.165, 1.54) is 0 Å². The van der Waals surface area contributed by atoms with Crippen LogP contribution in [0.3, 0.4) is 0 Å². The van der Waals surface area contributed by atoms with Crippen molar-refractivity contribution in [3.63, 3.8) is 0 Å². The van der Waals surface area contributed by atoms with Crippen LogP contribution in [0, 0.1) is 6.92 Å². The van der Waals surface area contributed by atoms with Gasteiger partial charge in [0.1, 0.15) is 5.82 Å². The summed E-state index contributed by atoms with van der Waals surface area (Å²) in [6.07, 6.45) is 1.75. The molecule has 0 radical (unpaired) electrons. The molecule has 1 aromatic carbocycles. The Balaban J connectivity index is 2.35. The smallest absolute Gasteiger partial charge is 0.145 e. The van der Waals surface area contributed by atoms with E-state index in [-0.39, 0.29) is 0 Å². The van der Waals surface area contributed by atoms with Gasteiger partial charge in [0, 0.05) is 6.54 Å². The molecule has 2 aromatic rings. The van der Waals surface area contributed by atoms with Crippen LogP contribution in [-0.4, -0.2) is 16.5 Å². The molecule has 0 spiro atoms. The Morgan fingerprint density at radius 1 is 1.44 bits per heavy atom. The van der Waals surface area contributed by atoms with Gasteiger partial charge in [-0.3, -0.25) is 4.98 Å². The largest absolute Gasteiger partial charge is 0.365 e. The van der Waals surface area contributed by atoms with Gasteiger partial charge < -0.3 is 5.32 Å². The van der Waals surface area contributed by atoms with Crippen molar-refractivity contribution in [3.8, 4) is 0 Å². The Bertz CT molecular complexity index is 532. The third kappa shape index (κ3) is 2.19. The number of fused-ring (bicyclic) bond motifs is 1. The van der Waals surface area contributed by atoms with E-state index in [0.29, 0.717) is 0 Å². The monoisotopic (exact) mass is 213 g/mol. The van der Waals surface area contributed by atoms with Gasteiger partial charge in [0.25, 0.3) is 0 Å². The van der Waals surface area contributed by atoms with Crippen molar-refractivity contribution < 1.29 is 0 Å². The van der Waals surface area contributed by atoms with Crippen LogP contribution in [0.25, 0.3) is 11.0 Å². The Labute approximate surface area is 95.2 Å². The molecule has 16 heavy (non-hydrogen) atoms. The van der Waals surface area contributed by atoms with Crippen LogP contribution in [0.15, 0.2) is 36.5 Å². The number of aromatic nitrogens is 2. The van der Waals surface area contributed by atoms with E-state index in [1.807, 2.05) is 32.0 Å². The fraction of sp³-hybridized carbons (Fsp3) is 0.231. The first-order valence-electron chi connectivity index (χ1n) is 5.27. The molecule has 2 rings (SSSR count). The third-order valence-electron chi connectivity index (χ3n) is 2.35. The van der Waals surface area contributed by atoms with Gasteiger partial charge in [0.05, 0.1) is 17.2 Å². The van der Waals surface area contributed by atoms with Crippen molar-refractivity contribution >= 4 is 16.9 Å². The van der Waals surface area contributed by atoms with Crippen LogP contribution in [-0.2, 0) is 0 Å². The third-order valence-corrected chi connectivity index (χ3v) is 2.35. The van der Waals surface area contributed by atoms with Gasteiger partial charge in [-0.25, -0.2) is 4.98 Å². The highest BCUT2D eigenvalue weighted by Gasteiger charge is 2.01. The summed E-state index contributed by atoms with van der Waals surface area (Å²) < 4.78 is 0. The molecule has 3 nitrogen and oxygen atoms in total. The van der Waals surface area contributed by atoms with Gasteiger partial charge in [-0.05, 0) is 25.5 Å². The van der Waals surface area contributed by atoms with Crippen molar-refractivity contribution in [1.82, 2.24) is 9.97 Å². The Hall–Kier alpha value is -1.90. The molecule has 0 aliphatic rings. The first kappa shape index (κ1) is 10.6. The fourth-order valence-electron chi connectivity index (χ4n) is 1.50. The highest BCUT2D eigenvalue weighted by atomic mass is 15.0. The molecule has 0 saturated carbocycles. The summed E-state index contributed by atoms with van der Waals surface area (Å²) in [5, 5.41) is 3.19. The number of aryl methyl sites for hydroxylation is 1. The first-order chi connectivity index (χ1) is 7.66. The van der Waals surface area contributed by atoms with Crippen LogP contribution < -0.4 is 5.32 Å². The molecule has 1 heterocycles. The van der Waals surface area contributed by atoms with Crippen LogP contribution in [0.5, 0.6) is 0 Å². The normalized spacial score (nSPS) is 10.4. The van der Waals surface area contributed by atoms with Crippen molar-refractivity contribution in [1.29, 1.82) is 0 Å². The lowest BCUT2D eigenvalue weighted by atomic mass is 10.2. The molecule has 0 bridgehead atoms. The molecule has 1 N–H and O–H groups in total. The van der Waals surface area contributed by atoms with Crippen LogP contribution in [0.1, 0.15) is 12.5 Å². The van der Waals surface area contributed by atoms with Gasteiger partial charge in [0.2, 0.25) is 0 Å². The molecule has 0 fully saturated rings. The predicted octanol–water partition coefficient (Wildman–Crippen LogP) is 2.93. The maximum absolute atomic E-state index is 4.53. The predicted molar refractivity (Wildman–Crippen MR) is 67.6 cm³/mol. The maximum Gasteiger partial charge on any atom is 0.145 e. The summed E-state index contributed by atoms with van der Waals surface area (Å²) in [7, 11) is 0. The number of hydrogen-bond acceptors (Lipinski definition) is 3. The first-order valence-corrected chi connectivity index (χ1v) is 5.27. The van der Waals surface area contributed by atoms with E-state index in [1.54, 1.807) is 6.20 Å². The summed E-state index contributed by atoms with van der Waals surface area (Å²) in [6, 6.07) is 6.00. The number of nitrogens with zero attached hydrogens (tertiary/aromatic N) is 2. The lowest BCUT2D eigenvalue weighted by Crippen LogP contribution is -2.04. The lowest BCUT2D eigenvalue weighted by Gasteiger charge is -2.06. The summed E-state index contributed by atoms with van der Waals surface area (Å²) in [4.78, 5) is 8.90. The highest BCUT2D eigenvalue weighted by Crippen LogP contribution is 2.15. The fourth-order valence-corrected chi connectivity index (χ4v) is 1.50. The number of nitrogens with one attached hydrogen (secondary N) is 1. The molecule has 1 aromatic heterocycles. The molecule has 0 amide bonds. The topological polar surface area (TPSA) is 37.8 Å². The van der Waals surface area contributed by atoms with Crippen LogP contribution in [0.2, 0.25) is 0 Å². The minimum absolute atomic E-state index is 0.728. The summed E-state index contributed by atoms with van der Waals surface area (Å²) >= 11 is 0. The molecule has 0 saturated heterocycles. The minimum Gasteiger partial charge on any atom is -0.365 e. The zero-order valence-corrected chi connectivity index (χ0v) is 9.62. The molecular formula is C13H15N3. The number of hydrogen-bond donors (Lipinski definition) is 1. The SMILES string of the molecule is C=C(C)CNc1cnc2cccc(C)c2n1. The van der Waals surface area contributed by atoms with Crippen molar-refractivity contribution in [2.75, 3.05) is 11.9 Å². The second-order valence-corrected chi connectivity index (χ2v) is 4.01. The number of benzene rings is 1. The van der Waals surface area contributed by atoms with E-state index in [0.717, 1.165) is 34.5 Å². The Morgan fingerprint density at radius 2 is 2.25 bits per heavy atom. The summed E-state index contributed by atoms with van der Waals surface area (Å²) in [5.74, 6) is 0.796. The Kier molecular flexibility index (Phi) is 2.86. The van der Waals surface area contributed by atoms with Crippen molar-refractivity contribution in [2.45, 2.75) is 13.8 Å². The maximum atomic E-state index is 4.53. The van der Waals surface area contributed by atoms with E-state index >= 15 is 0 Å². The number of para-hydroxylation sites is 1. The lowest BCUT2D eigenvalue weighted by molar-refractivity contribution is 1.16. The molecular weight excluding hydrogens is 198 g/mol.